The molecule has 11 heteroatoms. The topological polar surface area (TPSA) is 201 Å². The zero-order chi connectivity index (χ0) is 20.3. The van der Waals surface area contributed by atoms with Crippen LogP contribution in [0.5, 0.6) is 0 Å². The monoisotopic (exact) mass is 460 g/mol. The summed E-state index contributed by atoms with van der Waals surface area (Å²) in [6.07, 6.45) is 5.76. The predicted molar refractivity (Wildman–Crippen MR) is 87.4 cm³/mol. The summed E-state index contributed by atoms with van der Waals surface area (Å²) in [6.45, 7) is 4.33. The normalized spacial score (nSPS) is 12.9. The van der Waals surface area contributed by atoms with Crippen LogP contribution in [0, 0.1) is 0 Å². The maximum Gasteiger partial charge on any atom is 0.300 e. The zero-order valence-electron chi connectivity index (χ0n) is 14.9. The average molecular weight is 461 g/mol. The fourth-order valence-corrected chi connectivity index (χ4v) is 1.21. The third-order valence-corrected chi connectivity index (χ3v) is 1.78. The second kappa shape index (κ2) is 22.5. The largest absolute Gasteiger partial charge is 0.481 e. The summed E-state index contributed by atoms with van der Waals surface area (Å²) in [6, 6.07) is 0. The SMILES string of the molecule is CC(=O)O.CC(=O)O.CC(=O)O.CC(=O)O.NC1(N)CCCCC1.[Pd]. The molecule has 1 fully saturated rings. The molecule has 1 saturated carbocycles. The molecule has 10 nitrogen and oxygen atoms in total. The molecule has 0 bridgehead atoms. The van der Waals surface area contributed by atoms with Crippen molar-refractivity contribution in [2.45, 2.75) is 65.5 Å². The number of carboxylic acid groups (broad SMARTS) is 4. The van der Waals surface area contributed by atoms with E-state index in [1.807, 2.05) is 0 Å². The van der Waals surface area contributed by atoms with Crippen molar-refractivity contribution in [1.82, 2.24) is 0 Å². The fraction of sp³-hybridized carbons (Fsp3) is 0.714. The van der Waals surface area contributed by atoms with Gasteiger partial charge in [-0.05, 0) is 12.8 Å². The van der Waals surface area contributed by atoms with E-state index in [4.69, 9.17) is 51.1 Å². The molecule has 0 aromatic rings. The smallest absolute Gasteiger partial charge is 0.300 e. The van der Waals surface area contributed by atoms with E-state index in [2.05, 4.69) is 0 Å². The number of hydrogen-bond acceptors (Lipinski definition) is 6. The number of nitrogens with two attached hydrogens (primary N) is 2. The van der Waals surface area contributed by atoms with E-state index in [0.717, 1.165) is 40.5 Å². The summed E-state index contributed by atoms with van der Waals surface area (Å²) < 4.78 is 0. The van der Waals surface area contributed by atoms with Crippen molar-refractivity contribution in [1.29, 1.82) is 0 Å². The first-order valence-electron chi connectivity index (χ1n) is 7.00. The average Bonchev–Trinajstić information content (AvgIpc) is 2.24. The number of hydrogen-bond donors (Lipinski definition) is 6. The van der Waals surface area contributed by atoms with Gasteiger partial charge in [-0.2, -0.15) is 0 Å². The van der Waals surface area contributed by atoms with E-state index >= 15 is 0 Å². The van der Waals surface area contributed by atoms with Crippen LogP contribution in [-0.4, -0.2) is 50.0 Å². The Hall–Kier alpha value is -1.54. The molecule has 0 aromatic heterocycles. The molecule has 0 spiro atoms. The van der Waals surface area contributed by atoms with Crippen molar-refractivity contribution >= 4 is 23.9 Å². The van der Waals surface area contributed by atoms with Crippen LogP contribution in [0.25, 0.3) is 0 Å². The summed E-state index contributed by atoms with van der Waals surface area (Å²) in [7, 11) is 0. The first-order chi connectivity index (χ1) is 10.6. The first kappa shape index (κ1) is 34.7. The van der Waals surface area contributed by atoms with Crippen LogP contribution >= 0.6 is 0 Å². The maximum absolute atomic E-state index is 9.00. The Kier molecular flexibility index (Phi) is 31.2. The molecule has 0 aliphatic heterocycles. The third-order valence-electron chi connectivity index (χ3n) is 1.78. The molecule has 1 aliphatic rings. The van der Waals surface area contributed by atoms with Crippen molar-refractivity contribution in [2.75, 3.05) is 0 Å². The van der Waals surface area contributed by atoms with Gasteiger partial charge >= 0.3 is 0 Å². The van der Waals surface area contributed by atoms with Gasteiger partial charge < -0.3 is 31.9 Å². The van der Waals surface area contributed by atoms with Crippen LogP contribution in [0.2, 0.25) is 0 Å². The van der Waals surface area contributed by atoms with Crippen LogP contribution in [0.1, 0.15) is 59.8 Å². The van der Waals surface area contributed by atoms with Gasteiger partial charge in [0.15, 0.2) is 0 Å². The van der Waals surface area contributed by atoms with Gasteiger partial charge in [0.1, 0.15) is 0 Å². The van der Waals surface area contributed by atoms with E-state index < -0.39 is 23.9 Å². The Balaban J connectivity index is -0.0000000695. The Morgan fingerprint density at radius 1 is 0.640 bits per heavy atom. The molecule has 0 saturated heterocycles. The summed E-state index contributed by atoms with van der Waals surface area (Å²) in [5.74, 6) is -3.33. The van der Waals surface area contributed by atoms with E-state index in [9.17, 15) is 0 Å². The van der Waals surface area contributed by atoms with Gasteiger partial charge in [0.25, 0.3) is 23.9 Å². The summed E-state index contributed by atoms with van der Waals surface area (Å²) in [5, 5.41) is 29.7. The predicted octanol–water partition coefficient (Wildman–Crippen LogP) is 0.925. The van der Waals surface area contributed by atoms with Crippen molar-refractivity contribution in [3.63, 3.8) is 0 Å². The molecule has 25 heavy (non-hydrogen) atoms. The molecular weight excluding hydrogens is 431 g/mol. The van der Waals surface area contributed by atoms with Crippen LogP contribution in [0.15, 0.2) is 0 Å². The van der Waals surface area contributed by atoms with Gasteiger partial charge in [0.05, 0.1) is 5.66 Å². The Bertz CT molecular complexity index is 304. The van der Waals surface area contributed by atoms with Crippen LogP contribution in [0.4, 0.5) is 0 Å². The van der Waals surface area contributed by atoms with Gasteiger partial charge in [0.2, 0.25) is 0 Å². The van der Waals surface area contributed by atoms with Crippen molar-refractivity contribution in [2.24, 2.45) is 11.5 Å². The van der Waals surface area contributed by atoms with Crippen molar-refractivity contribution < 1.29 is 60.0 Å². The summed E-state index contributed by atoms with van der Waals surface area (Å²) in [5.41, 5.74) is 11.0. The van der Waals surface area contributed by atoms with E-state index in [-0.39, 0.29) is 26.1 Å². The summed E-state index contributed by atoms with van der Waals surface area (Å²) >= 11 is 0. The second-order valence-corrected chi connectivity index (χ2v) is 4.87. The number of aliphatic carboxylic acids is 4. The zero-order valence-corrected chi connectivity index (χ0v) is 16.5. The Labute approximate surface area is 161 Å². The number of rotatable bonds is 0. The molecule has 154 valence electrons. The van der Waals surface area contributed by atoms with E-state index in [0.29, 0.717) is 0 Å². The van der Waals surface area contributed by atoms with Crippen molar-refractivity contribution in [3.8, 4) is 0 Å². The van der Waals surface area contributed by atoms with Gasteiger partial charge in [-0.3, -0.25) is 19.2 Å². The molecule has 1 aliphatic carbocycles. The standard InChI is InChI=1S/C6H14N2.4C2H4O2.Pd/c7-6(8)4-2-1-3-5-6;4*1-2(3)4;/h1-5,7-8H2;4*1H3,(H,3,4);. The second-order valence-electron chi connectivity index (χ2n) is 4.87. The molecule has 1 rings (SSSR count). The molecule has 0 radical (unpaired) electrons. The van der Waals surface area contributed by atoms with Gasteiger partial charge in [-0.25, -0.2) is 0 Å². The van der Waals surface area contributed by atoms with Crippen molar-refractivity contribution in [3.05, 3.63) is 0 Å². The Morgan fingerprint density at radius 2 is 0.800 bits per heavy atom. The molecule has 0 amide bonds. The van der Waals surface area contributed by atoms with E-state index in [1.165, 1.54) is 19.3 Å². The van der Waals surface area contributed by atoms with Gasteiger partial charge in [0, 0.05) is 48.1 Å². The molecule has 0 atom stereocenters. The van der Waals surface area contributed by atoms with Crippen LogP contribution < -0.4 is 11.5 Å². The molecule has 0 unspecified atom stereocenters. The molecule has 8 N–H and O–H groups in total. The fourth-order valence-electron chi connectivity index (χ4n) is 1.21. The number of carbonyl (C=O) groups is 4. The minimum Gasteiger partial charge on any atom is -0.481 e. The van der Waals surface area contributed by atoms with Crippen LogP contribution in [0.3, 0.4) is 0 Å². The van der Waals surface area contributed by atoms with Gasteiger partial charge in [-0.1, -0.05) is 19.3 Å². The molecule has 0 aromatic carbocycles. The van der Waals surface area contributed by atoms with E-state index in [1.54, 1.807) is 0 Å². The number of carboxylic acids is 4. The first-order valence-corrected chi connectivity index (χ1v) is 7.00. The quantitative estimate of drug-likeness (QED) is 0.223. The van der Waals surface area contributed by atoms with Gasteiger partial charge in [-0.15, -0.1) is 0 Å². The third kappa shape index (κ3) is 131. The van der Waals surface area contributed by atoms with Crippen LogP contribution in [-0.2, 0) is 39.6 Å². The molecular formula is C14H30N2O8Pd. The Morgan fingerprint density at radius 3 is 0.880 bits per heavy atom. The summed E-state index contributed by atoms with van der Waals surface area (Å²) in [4.78, 5) is 36.0. The molecule has 0 heterocycles. The minimum absolute atomic E-state index is 0. The minimum atomic E-state index is -0.833. The maximum atomic E-state index is 9.00.